The molecule has 0 fully saturated rings. The quantitative estimate of drug-likeness (QED) is 0.713. The highest BCUT2D eigenvalue weighted by atomic mass is 32.5. The van der Waals surface area contributed by atoms with Gasteiger partial charge in [0.25, 0.3) is 0 Å². The summed E-state index contributed by atoms with van der Waals surface area (Å²) in [4.78, 5) is 0. The summed E-state index contributed by atoms with van der Waals surface area (Å²) in [6, 6.07) is 8.68. The summed E-state index contributed by atoms with van der Waals surface area (Å²) in [6.45, 7) is 0. The fourth-order valence-electron chi connectivity index (χ4n) is 1.44. The summed E-state index contributed by atoms with van der Waals surface area (Å²) < 4.78 is 45.3. The van der Waals surface area contributed by atoms with Gasteiger partial charge in [-0.3, -0.25) is 9.13 Å². The molecule has 9 heteroatoms. The molecule has 0 spiro atoms. The molecule has 1 aromatic carbocycles. The van der Waals surface area contributed by atoms with Gasteiger partial charge in [0, 0.05) is 28.4 Å². The van der Waals surface area contributed by atoms with Crippen molar-refractivity contribution in [3.8, 4) is 0 Å². The van der Waals surface area contributed by atoms with Crippen LogP contribution in [0.5, 0.6) is 0 Å². The summed E-state index contributed by atoms with van der Waals surface area (Å²) >= 11 is 0. The lowest BCUT2D eigenvalue weighted by Crippen LogP contribution is -2.05. The van der Waals surface area contributed by atoms with E-state index in [0.29, 0.717) is 5.30 Å². The lowest BCUT2D eigenvalue weighted by atomic mass is 10.4. The van der Waals surface area contributed by atoms with Gasteiger partial charge in [0.15, 0.2) is 7.30 Å². The number of hydrogen-bond donors (Lipinski definition) is 0. The Balaban J connectivity index is 3.43. The molecule has 0 aromatic heterocycles. The Hall–Kier alpha value is -0.0500. The van der Waals surface area contributed by atoms with Crippen molar-refractivity contribution in [1.82, 2.24) is 0 Å². The molecule has 0 unspecified atom stereocenters. The Kier molecular flexibility index (Phi) is 6.35. The van der Waals surface area contributed by atoms with Crippen molar-refractivity contribution in [1.29, 1.82) is 0 Å². The van der Waals surface area contributed by atoms with Gasteiger partial charge in [-0.05, 0) is 5.30 Å². The predicted molar refractivity (Wildman–Crippen MR) is 76.2 cm³/mol. The van der Waals surface area contributed by atoms with E-state index in [-0.39, 0.29) is 0 Å². The van der Waals surface area contributed by atoms with Crippen LogP contribution in [-0.4, -0.2) is 28.4 Å². The smallest absolute Gasteiger partial charge is 0.308 e. The average Bonchev–Trinajstić information content (AvgIpc) is 2.48. The Labute approximate surface area is 114 Å². The molecule has 0 N–H and O–H groups in total. The molecule has 0 atom stereocenters. The third kappa shape index (κ3) is 3.53. The molecule has 19 heavy (non-hydrogen) atoms. The molecular formula is C10H17O6P3. The van der Waals surface area contributed by atoms with Crippen molar-refractivity contribution in [2.24, 2.45) is 0 Å². The first-order valence-corrected chi connectivity index (χ1v) is 11.1. The highest BCUT2D eigenvalue weighted by molar-refractivity contribution is 8.62. The molecular weight excluding hydrogens is 309 g/mol. The van der Waals surface area contributed by atoms with E-state index in [1.54, 1.807) is 30.3 Å². The van der Waals surface area contributed by atoms with Gasteiger partial charge in [-0.15, -0.1) is 0 Å². The van der Waals surface area contributed by atoms with Crippen molar-refractivity contribution in [2.75, 3.05) is 28.4 Å². The van der Waals surface area contributed by atoms with Gasteiger partial charge >= 0.3 is 14.6 Å². The zero-order valence-electron chi connectivity index (χ0n) is 11.2. The summed E-state index contributed by atoms with van der Waals surface area (Å²) in [5.74, 6) is 0. The molecule has 0 saturated heterocycles. The SMILES string of the molecule is COP(=O)(OC)P(c1ccccc1)P(=O)(OC)OC. The molecule has 0 saturated carbocycles. The van der Waals surface area contributed by atoms with Crippen LogP contribution in [0.3, 0.4) is 0 Å². The zero-order chi connectivity index (χ0) is 14.5. The second kappa shape index (κ2) is 7.10. The van der Waals surface area contributed by atoms with E-state index in [4.69, 9.17) is 18.1 Å². The minimum atomic E-state index is -3.62. The monoisotopic (exact) mass is 326 g/mol. The van der Waals surface area contributed by atoms with E-state index < -0.39 is 21.9 Å². The standard InChI is InChI=1S/C10H17O6P3/c1-13-18(11,14-2)17(19(12,15-3)16-4)10-8-6-5-7-9-10/h5-9H,1-4H3. The molecule has 0 radical (unpaired) electrons. The maximum atomic E-state index is 12.7. The fraction of sp³-hybridized carbons (Fsp3) is 0.400. The largest absolute Gasteiger partial charge is 0.365 e. The lowest BCUT2D eigenvalue weighted by molar-refractivity contribution is 0.287. The first-order chi connectivity index (χ1) is 8.97. The third-order valence-corrected chi connectivity index (χ3v) is 16.0. The normalized spacial score (nSPS) is 12.9. The fourth-order valence-corrected chi connectivity index (χ4v) is 13.8. The number of benzene rings is 1. The summed E-state index contributed by atoms with van der Waals surface area (Å²) in [5.41, 5.74) is 0. The van der Waals surface area contributed by atoms with E-state index >= 15 is 0 Å². The summed E-state index contributed by atoms with van der Waals surface area (Å²) in [6.07, 6.45) is 0. The second-order valence-electron chi connectivity index (χ2n) is 3.29. The van der Waals surface area contributed by atoms with Gasteiger partial charge in [0.1, 0.15) is 0 Å². The van der Waals surface area contributed by atoms with E-state index in [1.807, 2.05) is 0 Å². The van der Waals surface area contributed by atoms with Gasteiger partial charge in [-0.2, -0.15) is 0 Å². The van der Waals surface area contributed by atoms with Crippen molar-refractivity contribution in [3.63, 3.8) is 0 Å². The maximum absolute atomic E-state index is 12.7. The van der Waals surface area contributed by atoms with Crippen molar-refractivity contribution >= 4 is 27.2 Å². The highest BCUT2D eigenvalue weighted by Crippen LogP contribution is 2.94. The van der Waals surface area contributed by atoms with E-state index in [9.17, 15) is 9.13 Å². The topological polar surface area (TPSA) is 71.1 Å². The zero-order valence-corrected chi connectivity index (χ0v) is 13.9. The number of rotatable bonds is 7. The average molecular weight is 326 g/mol. The molecule has 0 aliphatic carbocycles. The first-order valence-electron chi connectivity index (χ1n) is 5.26. The van der Waals surface area contributed by atoms with Crippen molar-refractivity contribution in [3.05, 3.63) is 30.3 Å². The van der Waals surface area contributed by atoms with Crippen molar-refractivity contribution < 1.29 is 27.2 Å². The van der Waals surface area contributed by atoms with Crippen LogP contribution in [0.2, 0.25) is 0 Å². The van der Waals surface area contributed by atoms with Gasteiger partial charge in [-0.25, -0.2) is 0 Å². The molecule has 1 aromatic rings. The highest BCUT2D eigenvalue weighted by Gasteiger charge is 2.50. The van der Waals surface area contributed by atoms with E-state index in [1.165, 1.54) is 28.4 Å². The lowest BCUT2D eigenvalue weighted by Gasteiger charge is -2.28. The molecule has 0 aliphatic heterocycles. The van der Waals surface area contributed by atoms with Gasteiger partial charge in [0.2, 0.25) is 0 Å². The predicted octanol–water partition coefficient (Wildman–Crippen LogP) is 3.60. The molecule has 1 rings (SSSR count). The van der Waals surface area contributed by atoms with Crippen LogP contribution in [0, 0.1) is 0 Å². The molecule has 6 nitrogen and oxygen atoms in total. The molecule has 0 aliphatic rings. The summed E-state index contributed by atoms with van der Waals surface area (Å²) in [5, 5.41) is 0.566. The third-order valence-electron chi connectivity index (χ3n) is 2.37. The second-order valence-corrected chi connectivity index (χ2v) is 14.0. The van der Waals surface area contributed by atoms with Crippen LogP contribution < -0.4 is 5.30 Å². The Morgan fingerprint density at radius 3 is 1.47 bits per heavy atom. The Bertz CT molecular complexity index is 449. The number of hydrogen-bond acceptors (Lipinski definition) is 6. The van der Waals surface area contributed by atoms with Crippen LogP contribution in [0.4, 0.5) is 0 Å². The van der Waals surface area contributed by atoms with Crippen molar-refractivity contribution in [2.45, 2.75) is 0 Å². The van der Waals surface area contributed by atoms with Crippen LogP contribution >= 0.6 is 21.9 Å². The van der Waals surface area contributed by atoms with Crippen LogP contribution in [0.25, 0.3) is 0 Å². The molecule has 0 bridgehead atoms. The van der Waals surface area contributed by atoms with E-state index in [2.05, 4.69) is 0 Å². The first kappa shape index (κ1) is 17.0. The Morgan fingerprint density at radius 1 is 0.789 bits per heavy atom. The van der Waals surface area contributed by atoms with Gasteiger partial charge in [0.05, 0.1) is 0 Å². The van der Waals surface area contributed by atoms with Gasteiger partial charge < -0.3 is 18.1 Å². The minimum absolute atomic E-state index is 0.566. The molecule has 108 valence electrons. The molecule has 0 amide bonds. The minimum Gasteiger partial charge on any atom is -0.308 e. The molecule has 0 heterocycles. The van der Waals surface area contributed by atoms with Gasteiger partial charge in [-0.1, -0.05) is 30.3 Å². The van der Waals surface area contributed by atoms with Crippen LogP contribution in [0.1, 0.15) is 0 Å². The van der Waals surface area contributed by atoms with E-state index in [0.717, 1.165) is 0 Å². The summed E-state index contributed by atoms with van der Waals surface area (Å²) in [7, 11) is -4.16. The Morgan fingerprint density at radius 2 is 1.16 bits per heavy atom. The van der Waals surface area contributed by atoms with Crippen LogP contribution in [0.15, 0.2) is 30.3 Å². The maximum Gasteiger partial charge on any atom is 0.365 e. The van der Waals surface area contributed by atoms with Crippen LogP contribution in [-0.2, 0) is 27.2 Å².